The first kappa shape index (κ1) is 23.6. The zero-order valence-electron chi connectivity index (χ0n) is 22.0. The molecule has 2 atom stereocenters. The maximum atomic E-state index is 14.3. The fourth-order valence-corrected chi connectivity index (χ4v) is 6.69. The van der Waals surface area contributed by atoms with Gasteiger partial charge >= 0.3 is 0 Å². The number of para-hydroxylation sites is 3. The number of hydrogen-bond acceptors (Lipinski definition) is 3. The molecule has 7 heteroatoms. The van der Waals surface area contributed by atoms with Gasteiger partial charge in [-0.2, -0.15) is 0 Å². The molecule has 2 amide bonds. The number of carbonyl (C=O) groups excluding carboxylic acids is 2. The third-order valence-electron chi connectivity index (χ3n) is 8.66. The van der Waals surface area contributed by atoms with E-state index in [1.165, 1.54) is 0 Å². The summed E-state index contributed by atoms with van der Waals surface area (Å²) in [6.45, 7) is 2.86. The molecule has 1 saturated heterocycles. The Balaban J connectivity index is 1.31. The molecule has 1 fully saturated rings. The van der Waals surface area contributed by atoms with E-state index < -0.39 is 5.54 Å². The van der Waals surface area contributed by atoms with Crippen LogP contribution < -0.4 is 4.74 Å². The number of benzene rings is 3. The summed E-state index contributed by atoms with van der Waals surface area (Å²) in [5.41, 5.74) is 4.92. The fraction of sp³-hybridized carbons (Fsp3) is 0.250. The van der Waals surface area contributed by atoms with Crippen molar-refractivity contribution >= 4 is 33.6 Å². The van der Waals surface area contributed by atoms with Crippen molar-refractivity contribution in [3.05, 3.63) is 101 Å². The molecular weight excluding hydrogens is 488 g/mol. The molecule has 2 N–H and O–H groups in total. The normalized spacial score (nSPS) is 20.9. The number of nitrogens with one attached hydrogen (secondary N) is 2. The summed E-state index contributed by atoms with van der Waals surface area (Å²) in [7, 11) is 1.67. The number of methoxy groups -OCH3 is 1. The summed E-state index contributed by atoms with van der Waals surface area (Å²) in [5, 5.41) is 2.22. The number of H-pyrrole nitrogens is 2. The molecule has 2 aromatic heterocycles. The minimum atomic E-state index is -1.12. The number of aromatic amines is 2. The van der Waals surface area contributed by atoms with Crippen molar-refractivity contribution < 1.29 is 14.3 Å². The molecule has 2 aliphatic rings. The predicted octanol–water partition coefficient (Wildman–Crippen LogP) is 4.93. The number of ether oxygens (including phenoxy) is 1. The zero-order chi connectivity index (χ0) is 26.7. The highest BCUT2D eigenvalue weighted by Crippen LogP contribution is 2.49. The van der Waals surface area contributed by atoms with Crippen molar-refractivity contribution in [1.29, 1.82) is 0 Å². The molecule has 0 bridgehead atoms. The summed E-state index contributed by atoms with van der Waals surface area (Å²) in [5.74, 6) is 0.557. The fourth-order valence-electron chi connectivity index (χ4n) is 6.69. The van der Waals surface area contributed by atoms with Crippen LogP contribution in [0.15, 0.2) is 79.0 Å². The van der Waals surface area contributed by atoms with Gasteiger partial charge in [-0.25, -0.2) is 0 Å². The van der Waals surface area contributed by atoms with E-state index in [9.17, 15) is 9.59 Å². The molecule has 5 aromatic rings. The lowest BCUT2D eigenvalue weighted by Crippen LogP contribution is -2.67. The molecule has 196 valence electrons. The van der Waals surface area contributed by atoms with Crippen molar-refractivity contribution in [2.45, 2.75) is 24.8 Å². The zero-order valence-corrected chi connectivity index (χ0v) is 22.0. The van der Waals surface area contributed by atoms with Gasteiger partial charge in [-0.1, -0.05) is 54.6 Å². The first-order valence-corrected chi connectivity index (χ1v) is 13.4. The van der Waals surface area contributed by atoms with Gasteiger partial charge in [0, 0.05) is 52.6 Å². The summed E-state index contributed by atoms with van der Waals surface area (Å²) in [6.07, 6.45) is 2.67. The first-order valence-electron chi connectivity index (χ1n) is 13.4. The quantitative estimate of drug-likeness (QED) is 0.346. The second kappa shape index (κ2) is 8.76. The smallest absolute Gasteiger partial charge is 0.254 e. The third kappa shape index (κ3) is 3.42. The van der Waals surface area contributed by atoms with Gasteiger partial charge in [-0.05, 0) is 42.7 Å². The molecule has 0 radical (unpaired) electrons. The van der Waals surface area contributed by atoms with Crippen LogP contribution in [0.25, 0.3) is 21.8 Å². The van der Waals surface area contributed by atoms with E-state index in [1.54, 1.807) is 16.9 Å². The summed E-state index contributed by atoms with van der Waals surface area (Å²) in [6, 6.07) is 24.2. The number of amides is 2. The molecule has 4 heterocycles. The Morgan fingerprint density at radius 2 is 1.67 bits per heavy atom. The SMILES string of the molecule is COc1ccccc1C1CN2C(=O)CN(CCc3c[nH]c4ccccc34)C(=O)[C@]2(C)c2[nH]c3ccccc3c21. The van der Waals surface area contributed by atoms with Gasteiger partial charge in [0.05, 0.1) is 19.3 Å². The van der Waals surface area contributed by atoms with Crippen LogP contribution in [0.4, 0.5) is 0 Å². The van der Waals surface area contributed by atoms with Crippen LogP contribution in [-0.4, -0.2) is 58.3 Å². The van der Waals surface area contributed by atoms with E-state index in [1.807, 2.05) is 67.7 Å². The Labute approximate surface area is 226 Å². The second-order valence-corrected chi connectivity index (χ2v) is 10.7. The first-order chi connectivity index (χ1) is 19.0. The minimum Gasteiger partial charge on any atom is -0.496 e. The van der Waals surface area contributed by atoms with Gasteiger partial charge in [0.25, 0.3) is 5.91 Å². The number of carbonyl (C=O) groups is 2. The predicted molar refractivity (Wildman–Crippen MR) is 151 cm³/mol. The minimum absolute atomic E-state index is 0.0415. The summed E-state index contributed by atoms with van der Waals surface area (Å²) >= 11 is 0. The summed E-state index contributed by atoms with van der Waals surface area (Å²) < 4.78 is 5.73. The van der Waals surface area contributed by atoms with Crippen molar-refractivity contribution in [3.63, 3.8) is 0 Å². The van der Waals surface area contributed by atoms with E-state index in [0.29, 0.717) is 19.5 Å². The Hall–Kier alpha value is -4.52. The Bertz CT molecular complexity index is 1750. The van der Waals surface area contributed by atoms with Crippen LogP contribution in [0, 0.1) is 0 Å². The van der Waals surface area contributed by atoms with Crippen LogP contribution in [-0.2, 0) is 21.5 Å². The maximum absolute atomic E-state index is 14.3. The number of hydrogen-bond donors (Lipinski definition) is 2. The number of nitrogens with zero attached hydrogens (tertiary/aromatic N) is 2. The highest BCUT2D eigenvalue weighted by atomic mass is 16.5. The molecule has 0 aliphatic carbocycles. The van der Waals surface area contributed by atoms with Crippen LogP contribution in [0.2, 0.25) is 0 Å². The topological polar surface area (TPSA) is 81.4 Å². The highest BCUT2D eigenvalue weighted by molar-refractivity contribution is 6.01. The van der Waals surface area contributed by atoms with E-state index in [-0.39, 0.29) is 24.3 Å². The molecular formula is C32H30N4O3. The van der Waals surface area contributed by atoms with Crippen molar-refractivity contribution in [1.82, 2.24) is 19.8 Å². The van der Waals surface area contributed by atoms with Gasteiger partial charge in [0.1, 0.15) is 5.75 Å². The van der Waals surface area contributed by atoms with E-state index >= 15 is 0 Å². The lowest BCUT2D eigenvalue weighted by molar-refractivity contribution is -0.166. The van der Waals surface area contributed by atoms with Crippen molar-refractivity contribution in [2.75, 3.05) is 26.7 Å². The maximum Gasteiger partial charge on any atom is 0.254 e. The largest absolute Gasteiger partial charge is 0.496 e. The van der Waals surface area contributed by atoms with Crippen LogP contribution >= 0.6 is 0 Å². The molecule has 2 aliphatic heterocycles. The van der Waals surface area contributed by atoms with E-state index in [0.717, 1.165) is 49.9 Å². The molecule has 0 saturated carbocycles. The summed E-state index contributed by atoms with van der Waals surface area (Å²) in [4.78, 5) is 38.5. The van der Waals surface area contributed by atoms with Gasteiger partial charge in [0.15, 0.2) is 5.54 Å². The van der Waals surface area contributed by atoms with Gasteiger partial charge in [-0.3, -0.25) is 9.59 Å². The number of piperazine rings is 1. The van der Waals surface area contributed by atoms with Gasteiger partial charge < -0.3 is 24.5 Å². The highest BCUT2D eigenvalue weighted by Gasteiger charge is 2.56. The molecule has 1 unspecified atom stereocenters. The Morgan fingerprint density at radius 3 is 2.49 bits per heavy atom. The van der Waals surface area contributed by atoms with Crippen LogP contribution in [0.1, 0.15) is 35.2 Å². The number of fused-ring (bicyclic) bond motifs is 6. The van der Waals surface area contributed by atoms with E-state index in [4.69, 9.17) is 4.74 Å². The van der Waals surface area contributed by atoms with Gasteiger partial charge in [0.2, 0.25) is 5.91 Å². The lowest BCUT2D eigenvalue weighted by Gasteiger charge is -2.51. The molecule has 0 spiro atoms. The molecule has 3 aromatic carbocycles. The van der Waals surface area contributed by atoms with Crippen LogP contribution in [0.5, 0.6) is 5.75 Å². The van der Waals surface area contributed by atoms with Gasteiger partial charge in [-0.15, -0.1) is 0 Å². The number of aromatic nitrogens is 2. The Morgan fingerprint density at radius 1 is 0.949 bits per heavy atom. The van der Waals surface area contributed by atoms with Crippen molar-refractivity contribution in [2.24, 2.45) is 0 Å². The van der Waals surface area contributed by atoms with E-state index in [2.05, 4.69) is 28.2 Å². The Kier molecular flexibility index (Phi) is 5.30. The lowest BCUT2D eigenvalue weighted by atomic mass is 9.76. The second-order valence-electron chi connectivity index (χ2n) is 10.7. The third-order valence-corrected chi connectivity index (χ3v) is 8.66. The molecule has 39 heavy (non-hydrogen) atoms. The van der Waals surface area contributed by atoms with Crippen LogP contribution in [0.3, 0.4) is 0 Å². The average molecular weight is 519 g/mol. The monoisotopic (exact) mass is 518 g/mol. The van der Waals surface area contributed by atoms with Crippen molar-refractivity contribution in [3.8, 4) is 5.75 Å². The number of rotatable bonds is 5. The standard InChI is InChI=1S/C32H30N4O3/c1-32-30-29(23-11-4-7-13-26(23)34-30)24(22-10-5-8-14-27(22)39-2)18-36(32)28(37)19-35(31(32)38)16-15-20-17-33-25-12-6-3-9-21(20)25/h3-14,17,24,33-34H,15-16,18-19H2,1-2H3/t24?,32-/m0/s1. The molecule has 7 nitrogen and oxygen atoms in total. The average Bonchev–Trinajstić information content (AvgIpc) is 3.57. The molecule has 7 rings (SSSR count).